The normalized spacial score (nSPS) is 17.9. The van der Waals surface area contributed by atoms with E-state index in [1.165, 1.54) is 15.6 Å². The first kappa shape index (κ1) is 28.3. The summed E-state index contributed by atoms with van der Waals surface area (Å²) in [4.78, 5) is 23.0. The number of ether oxygens (including phenoxy) is 2. The molecule has 0 unspecified atom stereocenters. The molecule has 0 bridgehead atoms. The summed E-state index contributed by atoms with van der Waals surface area (Å²) in [5.41, 5.74) is 0.700. The molecule has 3 heterocycles. The van der Waals surface area contributed by atoms with Crippen molar-refractivity contribution in [2.24, 2.45) is 5.92 Å². The average molecular weight is 593 g/mol. The van der Waals surface area contributed by atoms with Gasteiger partial charge in [-0.25, -0.2) is 13.4 Å². The predicted octanol–water partition coefficient (Wildman–Crippen LogP) is 4.11. The molecule has 0 radical (unpaired) electrons. The number of morpholine rings is 1. The molecule has 0 atom stereocenters. The number of rotatable bonds is 9. The van der Waals surface area contributed by atoms with E-state index >= 15 is 0 Å². The van der Waals surface area contributed by atoms with Gasteiger partial charge in [-0.2, -0.15) is 4.31 Å². The molecular weight excluding hydrogens is 560 g/mol. The first-order valence-corrected chi connectivity index (χ1v) is 15.8. The van der Waals surface area contributed by atoms with E-state index in [9.17, 15) is 13.2 Å². The molecule has 12 heteroatoms. The molecule has 3 aromatic rings. The summed E-state index contributed by atoms with van der Waals surface area (Å²) in [6.07, 6.45) is 1.72. The number of anilines is 1. The van der Waals surface area contributed by atoms with Crippen LogP contribution < -0.4 is 9.64 Å². The van der Waals surface area contributed by atoms with Crippen molar-refractivity contribution >= 4 is 54.2 Å². The van der Waals surface area contributed by atoms with Gasteiger partial charge in [-0.15, -0.1) is 0 Å². The van der Waals surface area contributed by atoms with Gasteiger partial charge < -0.3 is 9.47 Å². The number of carbonyl (C=O) groups excluding carboxylic acids is 1. The molecule has 210 valence electrons. The highest BCUT2D eigenvalue weighted by Gasteiger charge is 2.35. The lowest BCUT2D eigenvalue weighted by Crippen LogP contribution is -2.45. The predicted molar refractivity (Wildman–Crippen MR) is 153 cm³/mol. The van der Waals surface area contributed by atoms with Crippen LogP contribution >= 0.6 is 22.9 Å². The molecule has 1 aromatic heterocycles. The monoisotopic (exact) mass is 592 g/mol. The summed E-state index contributed by atoms with van der Waals surface area (Å²) in [5.74, 6) is 0.315. The van der Waals surface area contributed by atoms with Gasteiger partial charge in [0.25, 0.3) is 0 Å². The second-order valence-electron chi connectivity index (χ2n) is 9.73. The second kappa shape index (κ2) is 12.5. The van der Waals surface area contributed by atoms with E-state index in [0.29, 0.717) is 40.8 Å². The smallest absolute Gasteiger partial charge is 0.243 e. The molecule has 5 rings (SSSR count). The van der Waals surface area contributed by atoms with E-state index in [1.807, 2.05) is 12.1 Å². The van der Waals surface area contributed by atoms with Crippen LogP contribution in [0.2, 0.25) is 5.02 Å². The van der Waals surface area contributed by atoms with Crippen molar-refractivity contribution in [3.8, 4) is 5.75 Å². The van der Waals surface area contributed by atoms with Gasteiger partial charge in [-0.3, -0.25) is 14.6 Å². The third-order valence-electron chi connectivity index (χ3n) is 7.32. The lowest BCUT2D eigenvalue weighted by Gasteiger charge is -2.33. The maximum atomic E-state index is 13.9. The first-order valence-electron chi connectivity index (χ1n) is 13.2. The highest BCUT2D eigenvalue weighted by atomic mass is 35.5. The molecule has 0 aliphatic carbocycles. The minimum atomic E-state index is -3.65. The standard InChI is InChI=1S/C27H33ClN4O5S2/c1-36-21-6-8-22(9-7-21)39(34,35)31-14-10-20(11-15-31)26(33)32(13-3-12-30-16-18-37-19-17-30)27-29-25-23(28)4-2-5-24(25)38-27/h2,4-9,20H,3,10-19H2,1H3. The number of piperidine rings is 1. The number of thiazole rings is 1. The summed E-state index contributed by atoms with van der Waals surface area (Å²) in [6, 6.07) is 12.0. The maximum Gasteiger partial charge on any atom is 0.243 e. The number of fused-ring (bicyclic) bond motifs is 1. The fourth-order valence-electron chi connectivity index (χ4n) is 5.06. The van der Waals surface area contributed by atoms with Gasteiger partial charge in [-0.1, -0.05) is 29.0 Å². The zero-order valence-corrected chi connectivity index (χ0v) is 24.3. The topological polar surface area (TPSA) is 92.3 Å². The van der Waals surface area contributed by atoms with Crippen LogP contribution in [0.25, 0.3) is 10.2 Å². The van der Waals surface area contributed by atoms with Crippen molar-refractivity contribution in [3.05, 3.63) is 47.5 Å². The minimum Gasteiger partial charge on any atom is -0.497 e. The van der Waals surface area contributed by atoms with Crippen LogP contribution in [0.4, 0.5) is 5.13 Å². The van der Waals surface area contributed by atoms with Crippen molar-refractivity contribution < 1.29 is 22.7 Å². The Hall–Kier alpha value is -2.28. The van der Waals surface area contributed by atoms with Crippen LogP contribution in [0, 0.1) is 5.92 Å². The third kappa shape index (κ3) is 6.39. The third-order valence-corrected chi connectivity index (χ3v) is 10.6. The molecule has 9 nitrogen and oxygen atoms in total. The minimum absolute atomic E-state index is 0.00588. The molecule has 2 aliphatic rings. The summed E-state index contributed by atoms with van der Waals surface area (Å²) in [6.45, 7) is 5.25. The fourth-order valence-corrected chi connectivity index (χ4v) is 7.82. The Morgan fingerprint density at radius 1 is 1.13 bits per heavy atom. The fraction of sp³-hybridized carbons (Fsp3) is 0.481. The van der Waals surface area contributed by atoms with Gasteiger partial charge in [0.15, 0.2) is 5.13 Å². The number of carbonyl (C=O) groups is 1. The first-order chi connectivity index (χ1) is 18.9. The van der Waals surface area contributed by atoms with Crippen LogP contribution in [-0.4, -0.2) is 88.1 Å². The van der Waals surface area contributed by atoms with Crippen molar-refractivity contribution in [2.75, 3.05) is 64.5 Å². The Balaban J connectivity index is 1.29. The van der Waals surface area contributed by atoms with Crippen molar-refractivity contribution in [1.82, 2.24) is 14.2 Å². The summed E-state index contributed by atoms with van der Waals surface area (Å²) >= 11 is 7.85. The number of hydrogen-bond acceptors (Lipinski definition) is 8. The summed E-state index contributed by atoms with van der Waals surface area (Å²) in [7, 11) is -2.10. The number of hydrogen-bond donors (Lipinski definition) is 0. The number of methoxy groups -OCH3 is 1. The second-order valence-corrected chi connectivity index (χ2v) is 13.1. The van der Waals surface area contributed by atoms with E-state index in [-0.39, 0.29) is 29.8 Å². The number of aromatic nitrogens is 1. The van der Waals surface area contributed by atoms with Crippen molar-refractivity contribution in [1.29, 1.82) is 0 Å². The number of sulfonamides is 1. The zero-order valence-electron chi connectivity index (χ0n) is 21.9. The Morgan fingerprint density at radius 2 is 1.85 bits per heavy atom. The number of halogens is 1. The number of amides is 1. The molecule has 1 amide bonds. The Bertz CT molecular complexity index is 1380. The van der Waals surface area contributed by atoms with Gasteiger partial charge in [-0.05, 0) is 55.7 Å². The molecule has 0 N–H and O–H groups in total. The molecular formula is C27H33ClN4O5S2. The highest BCUT2D eigenvalue weighted by molar-refractivity contribution is 7.89. The zero-order chi connectivity index (χ0) is 27.4. The van der Waals surface area contributed by atoms with Crippen LogP contribution in [0.1, 0.15) is 19.3 Å². The number of para-hydroxylation sites is 1. The van der Waals surface area contributed by atoms with Gasteiger partial charge in [0.2, 0.25) is 15.9 Å². The molecule has 2 aliphatic heterocycles. The van der Waals surface area contributed by atoms with E-state index in [4.69, 9.17) is 26.1 Å². The van der Waals surface area contributed by atoms with Gasteiger partial charge in [0.1, 0.15) is 11.3 Å². The van der Waals surface area contributed by atoms with E-state index < -0.39 is 10.0 Å². The Morgan fingerprint density at radius 3 is 2.51 bits per heavy atom. The van der Waals surface area contributed by atoms with Crippen molar-refractivity contribution in [2.45, 2.75) is 24.2 Å². The van der Waals surface area contributed by atoms with E-state index in [2.05, 4.69) is 4.90 Å². The largest absolute Gasteiger partial charge is 0.497 e. The molecule has 0 saturated carbocycles. The van der Waals surface area contributed by atoms with Gasteiger partial charge in [0, 0.05) is 45.2 Å². The lowest BCUT2D eigenvalue weighted by molar-refractivity contribution is -0.123. The summed E-state index contributed by atoms with van der Waals surface area (Å²) in [5, 5.41) is 1.20. The molecule has 39 heavy (non-hydrogen) atoms. The Kier molecular flexibility index (Phi) is 9.05. The van der Waals surface area contributed by atoms with E-state index in [0.717, 1.165) is 44.0 Å². The number of benzene rings is 2. The maximum absolute atomic E-state index is 13.9. The number of nitrogens with zero attached hydrogens (tertiary/aromatic N) is 4. The van der Waals surface area contributed by atoms with Gasteiger partial charge >= 0.3 is 0 Å². The van der Waals surface area contributed by atoms with E-state index in [1.54, 1.807) is 42.3 Å². The Labute approximate surface area is 238 Å². The van der Waals surface area contributed by atoms with Crippen LogP contribution in [0.3, 0.4) is 0 Å². The molecule has 0 spiro atoms. The average Bonchev–Trinajstić information content (AvgIpc) is 3.41. The SMILES string of the molecule is COc1ccc(S(=O)(=O)N2CCC(C(=O)N(CCCN3CCOCC3)c3nc4c(Cl)cccc4s3)CC2)cc1. The molecule has 2 fully saturated rings. The molecule has 2 aromatic carbocycles. The lowest BCUT2D eigenvalue weighted by atomic mass is 9.96. The van der Waals surface area contributed by atoms with Gasteiger partial charge in [0.05, 0.1) is 34.9 Å². The highest BCUT2D eigenvalue weighted by Crippen LogP contribution is 2.35. The van der Waals surface area contributed by atoms with Crippen molar-refractivity contribution in [3.63, 3.8) is 0 Å². The quantitative estimate of drug-likeness (QED) is 0.369. The van der Waals surface area contributed by atoms with Crippen LogP contribution in [-0.2, 0) is 19.6 Å². The van der Waals surface area contributed by atoms with Crippen LogP contribution in [0.15, 0.2) is 47.4 Å². The van der Waals surface area contributed by atoms with Crippen LogP contribution in [0.5, 0.6) is 5.75 Å². The molecule has 2 saturated heterocycles. The summed E-state index contributed by atoms with van der Waals surface area (Å²) < 4.78 is 39.4.